The van der Waals surface area contributed by atoms with E-state index in [1.165, 1.54) is 44.9 Å². The Balaban J connectivity index is 2.49. The van der Waals surface area contributed by atoms with Crippen LogP contribution >= 0.6 is 0 Å². The van der Waals surface area contributed by atoms with Gasteiger partial charge in [0.05, 0.1) is 25.4 Å². The summed E-state index contributed by atoms with van der Waals surface area (Å²) in [5.41, 5.74) is 0. The first-order valence-electron chi connectivity index (χ1n) is 22.6. The highest BCUT2D eigenvalue weighted by atomic mass is 16.7. The third-order valence-corrected chi connectivity index (χ3v) is 9.82. The van der Waals surface area contributed by atoms with E-state index in [9.17, 15) is 30.3 Å². The fourth-order valence-corrected chi connectivity index (χ4v) is 6.21. The molecule has 7 unspecified atom stereocenters. The number of allylic oxidation sites excluding steroid dienone is 17. The van der Waals surface area contributed by atoms with Gasteiger partial charge in [0, 0.05) is 6.42 Å². The molecular weight excluding hydrogens is 743 g/mol. The molecule has 9 nitrogen and oxygen atoms in total. The van der Waals surface area contributed by atoms with Crippen molar-refractivity contribution in [2.24, 2.45) is 0 Å². The molecule has 0 aromatic heterocycles. The van der Waals surface area contributed by atoms with Crippen LogP contribution in [0.2, 0.25) is 0 Å². The van der Waals surface area contributed by atoms with Crippen LogP contribution in [0.25, 0.3) is 0 Å². The minimum absolute atomic E-state index is 0.203. The first-order valence-corrected chi connectivity index (χ1v) is 22.6. The zero-order valence-electron chi connectivity index (χ0n) is 36.5. The smallest absolute Gasteiger partial charge is 0.220 e. The number of rotatable bonds is 35. The summed E-state index contributed by atoms with van der Waals surface area (Å²) < 4.78 is 11.2. The van der Waals surface area contributed by atoms with Crippen molar-refractivity contribution < 1.29 is 39.8 Å². The molecule has 334 valence electrons. The fourth-order valence-electron chi connectivity index (χ4n) is 6.21. The SMILES string of the molecule is CC/C=C\C/C=C\C/C=C\C/C=C\C/C=C\C/C=C\CCC(=O)NC(COC1OC(CO)C(O)C(O)C1O)C(O)/C=C/CC/C=C/CC/C=C/CCCCCCCCC. The maximum atomic E-state index is 12.9. The van der Waals surface area contributed by atoms with E-state index in [4.69, 9.17) is 9.47 Å². The van der Waals surface area contributed by atoms with E-state index < -0.39 is 49.5 Å². The normalized spacial score (nSPS) is 21.8. The van der Waals surface area contributed by atoms with Crippen LogP contribution in [0.5, 0.6) is 0 Å². The fraction of sp³-hybridized carbons (Fsp3) is 0.620. The summed E-state index contributed by atoms with van der Waals surface area (Å²) in [7, 11) is 0. The van der Waals surface area contributed by atoms with Crippen LogP contribution in [-0.4, -0.2) is 87.5 Å². The third-order valence-electron chi connectivity index (χ3n) is 9.82. The van der Waals surface area contributed by atoms with Gasteiger partial charge in [-0.1, -0.05) is 162 Å². The number of carbonyl (C=O) groups is 1. The van der Waals surface area contributed by atoms with Crippen molar-refractivity contribution in [2.45, 2.75) is 185 Å². The molecule has 1 aliphatic rings. The molecule has 1 heterocycles. The summed E-state index contributed by atoms with van der Waals surface area (Å²) in [4.78, 5) is 12.9. The standard InChI is InChI=1S/C50H81NO8/c1-3-5-7-9-11-13-15-17-19-21-22-24-26-28-30-32-34-36-38-40-46(54)51-43(42-58-50-49(57)48(56)47(55)45(41-52)59-50)44(53)39-37-35-33-31-29-27-25-23-20-18-16-14-12-10-8-6-4-2/h5,7,11,13,17,19-20,22-24,28-31,34,36-37,39,43-45,47-50,52-53,55-57H,3-4,6,8-10,12,14-16,18,21,25-27,32-33,35,38,40-42H2,1-2H3,(H,51,54)/b7-5-,13-11-,19-17-,23-20+,24-22-,30-28-,31-29+,36-34-,39-37+. The zero-order valence-corrected chi connectivity index (χ0v) is 36.5. The highest BCUT2D eigenvalue weighted by molar-refractivity contribution is 5.76. The highest BCUT2D eigenvalue weighted by Crippen LogP contribution is 2.22. The van der Waals surface area contributed by atoms with Crippen molar-refractivity contribution in [3.05, 3.63) is 109 Å². The van der Waals surface area contributed by atoms with Crippen LogP contribution in [0.4, 0.5) is 0 Å². The molecule has 0 saturated carbocycles. The van der Waals surface area contributed by atoms with E-state index in [-0.39, 0.29) is 18.9 Å². The quantitative estimate of drug-likeness (QED) is 0.0274. The Labute approximate surface area is 357 Å². The summed E-state index contributed by atoms with van der Waals surface area (Å²) in [6, 6.07) is -0.875. The van der Waals surface area contributed by atoms with Crippen LogP contribution in [0, 0.1) is 0 Å². The maximum absolute atomic E-state index is 12.9. The number of hydrogen-bond acceptors (Lipinski definition) is 8. The van der Waals surface area contributed by atoms with Gasteiger partial charge >= 0.3 is 0 Å². The monoisotopic (exact) mass is 824 g/mol. The van der Waals surface area contributed by atoms with Crippen LogP contribution in [-0.2, 0) is 14.3 Å². The van der Waals surface area contributed by atoms with Crippen LogP contribution in [0.3, 0.4) is 0 Å². The average Bonchev–Trinajstić information content (AvgIpc) is 3.23. The minimum atomic E-state index is -1.59. The predicted octanol–water partition coefficient (Wildman–Crippen LogP) is 9.50. The minimum Gasteiger partial charge on any atom is -0.394 e. The van der Waals surface area contributed by atoms with E-state index in [1.807, 2.05) is 18.2 Å². The molecule has 1 saturated heterocycles. The summed E-state index contributed by atoms with van der Waals surface area (Å²) in [5, 5.41) is 54.1. The number of carbonyl (C=O) groups excluding carboxylic acids is 1. The van der Waals surface area contributed by atoms with Gasteiger partial charge in [-0.15, -0.1) is 0 Å². The van der Waals surface area contributed by atoms with Crippen LogP contribution in [0.15, 0.2) is 109 Å². The lowest BCUT2D eigenvalue weighted by Gasteiger charge is -2.40. The molecule has 7 atom stereocenters. The molecule has 0 bridgehead atoms. The first kappa shape index (κ1) is 53.9. The molecule has 0 aliphatic carbocycles. The third kappa shape index (κ3) is 29.7. The van der Waals surface area contributed by atoms with Crippen LogP contribution < -0.4 is 5.32 Å². The van der Waals surface area contributed by atoms with Gasteiger partial charge in [-0.05, 0) is 83.5 Å². The Morgan fingerprint density at radius 3 is 1.61 bits per heavy atom. The van der Waals surface area contributed by atoms with E-state index in [0.717, 1.165) is 64.2 Å². The number of hydrogen-bond donors (Lipinski definition) is 6. The van der Waals surface area contributed by atoms with Crippen molar-refractivity contribution in [3.63, 3.8) is 0 Å². The Hall–Kier alpha value is -3.15. The zero-order chi connectivity index (χ0) is 43.0. The van der Waals surface area contributed by atoms with Gasteiger partial charge in [0.15, 0.2) is 6.29 Å². The van der Waals surface area contributed by atoms with Gasteiger partial charge in [-0.3, -0.25) is 4.79 Å². The molecule has 0 aromatic carbocycles. The largest absolute Gasteiger partial charge is 0.394 e. The van der Waals surface area contributed by atoms with Gasteiger partial charge in [0.25, 0.3) is 0 Å². The second-order valence-corrected chi connectivity index (χ2v) is 15.1. The summed E-state index contributed by atoms with van der Waals surface area (Å²) in [5.74, 6) is -0.279. The molecule has 0 aromatic rings. The first-order chi connectivity index (χ1) is 28.8. The molecule has 1 amide bonds. The van der Waals surface area contributed by atoms with Crippen molar-refractivity contribution in [2.75, 3.05) is 13.2 Å². The predicted molar refractivity (Wildman–Crippen MR) is 244 cm³/mol. The van der Waals surface area contributed by atoms with Crippen LogP contribution in [0.1, 0.15) is 142 Å². The van der Waals surface area contributed by atoms with Crippen molar-refractivity contribution in [1.29, 1.82) is 0 Å². The number of ether oxygens (including phenoxy) is 2. The van der Waals surface area contributed by atoms with E-state index in [1.54, 1.807) is 6.08 Å². The van der Waals surface area contributed by atoms with Gasteiger partial charge in [0.1, 0.15) is 24.4 Å². The van der Waals surface area contributed by atoms with E-state index >= 15 is 0 Å². The lowest BCUT2D eigenvalue weighted by atomic mass is 9.99. The molecule has 9 heteroatoms. The van der Waals surface area contributed by atoms with Gasteiger partial charge in [-0.25, -0.2) is 0 Å². The second kappa shape index (κ2) is 39.0. The molecule has 1 rings (SSSR count). The molecule has 6 N–H and O–H groups in total. The lowest BCUT2D eigenvalue weighted by molar-refractivity contribution is -0.302. The highest BCUT2D eigenvalue weighted by Gasteiger charge is 2.44. The number of unbranched alkanes of at least 4 members (excludes halogenated alkanes) is 9. The van der Waals surface area contributed by atoms with Gasteiger partial charge in [-0.2, -0.15) is 0 Å². The Bertz CT molecular complexity index is 1280. The van der Waals surface area contributed by atoms with Crippen molar-refractivity contribution in [3.8, 4) is 0 Å². The van der Waals surface area contributed by atoms with Gasteiger partial charge in [0.2, 0.25) is 5.91 Å². The number of nitrogens with one attached hydrogen (secondary N) is 1. The van der Waals surface area contributed by atoms with E-state index in [0.29, 0.717) is 12.8 Å². The maximum Gasteiger partial charge on any atom is 0.220 e. The molecule has 1 aliphatic heterocycles. The summed E-state index contributed by atoms with van der Waals surface area (Å²) in [6.07, 6.45) is 50.0. The molecular formula is C50H81NO8. The topological polar surface area (TPSA) is 149 Å². The summed E-state index contributed by atoms with van der Waals surface area (Å²) in [6.45, 7) is 3.56. The van der Waals surface area contributed by atoms with Crippen molar-refractivity contribution >= 4 is 5.91 Å². The molecule has 59 heavy (non-hydrogen) atoms. The average molecular weight is 824 g/mol. The number of aliphatic hydroxyl groups excluding tert-OH is 5. The molecule has 0 radical (unpaired) electrons. The molecule has 1 fully saturated rings. The van der Waals surface area contributed by atoms with Gasteiger partial charge < -0.3 is 40.3 Å². The lowest BCUT2D eigenvalue weighted by Crippen LogP contribution is -2.60. The Kier molecular flexibility index (Phi) is 35.6. The summed E-state index contributed by atoms with van der Waals surface area (Å²) >= 11 is 0. The Morgan fingerprint density at radius 1 is 0.593 bits per heavy atom. The number of aliphatic hydroxyl groups is 5. The van der Waals surface area contributed by atoms with E-state index in [2.05, 4.69) is 104 Å². The molecule has 0 spiro atoms. The Morgan fingerprint density at radius 2 is 1.07 bits per heavy atom. The number of amides is 1. The second-order valence-electron chi connectivity index (χ2n) is 15.1. The van der Waals surface area contributed by atoms with Crippen molar-refractivity contribution in [1.82, 2.24) is 5.32 Å².